The fourth-order valence-electron chi connectivity index (χ4n) is 3.71. The fourth-order valence-corrected chi connectivity index (χ4v) is 4.35. The molecular formula is C25H42N3NaO4S2. The van der Waals surface area contributed by atoms with E-state index in [4.69, 9.17) is 12.2 Å². The van der Waals surface area contributed by atoms with Crippen LogP contribution in [0.15, 0.2) is 29.2 Å². The van der Waals surface area contributed by atoms with Crippen LogP contribution in [0.2, 0.25) is 0 Å². The fraction of sp³-hybridized carbons (Fsp3) is 0.680. The molecule has 1 amide bonds. The van der Waals surface area contributed by atoms with Crippen LogP contribution in [-0.2, 0) is 14.9 Å². The van der Waals surface area contributed by atoms with E-state index in [2.05, 4.69) is 23.1 Å². The van der Waals surface area contributed by atoms with Gasteiger partial charge in [-0.2, -0.15) is 0 Å². The summed E-state index contributed by atoms with van der Waals surface area (Å²) in [7, 11) is -4.48. The van der Waals surface area contributed by atoms with E-state index in [0.717, 1.165) is 19.3 Å². The normalized spacial score (nSPS) is 10.9. The van der Waals surface area contributed by atoms with Gasteiger partial charge in [-0.25, -0.2) is 8.42 Å². The van der Waals surface area contributed by atoms with E-state index in [0.29, 0.717) is 12.1 Å². The first-order valence-electron chi connectivity index (χ1n) is 12.7. The van der Waals surface area contributed by atoms with Crippen molar-refractivity contribution in [3.8, 4) is 0 Å². The summed E-state index contributed by atoms with van der Waals surface area (Å²) in [5, 5.41) is 2.98. The Balaban J connectivity index is 0.0000116. The quantitative estimate of drug-likeness (QED) is 0.0871. The number of hydrazine groups is 1. The van der Waals surface area contributed by atoms with Crippen LogP contribution < -0.4 is 45.7 Å². The van der Waals surface area contributed by atoms with Crippen LogP contribution in [0.5, 0.6) is 0 Å². The maximum Gasteiger partial charge on any atom is 1.00 e. The molecule has 1 aromatic carbocycles. The zero-order valence-corrected chi connectivity index (χ0v) is 25.2. The monoisotopic (exact) mass is 535 g/mol. The second kappa shape index (κ2) is 21.4. The first-order valence-corrected chi connectivity index (χ1v) is 14.6. The van der Waals surface area contributed by atoms with Crippen LogP contribution >= 0.6 is 12.2 Å². The molecule has 10 heteroatoms. The van der Waals surface area contributed by atoms with Gasteiger partial charge in [0.25, 0.3) is 0 Å². The number of thiocarbonyl (C=S) groups is 1. The van der Waals surface area contributed by atoms with E-state index in [1.807, 2.05) is 0 Å². The molecule has 0 aliphatic carbocycles. The molecule has 0 saturated carbocycles. The minimum atomic E-state index is -4.48. The third-order valence-electron chi connectivity index (χ3n) is 5.72. The summed E-state index contributed by atoms with van der Waals surface area (Å²) in [6, 6.07) is 5.25. The summed E-state index contributed by atoms with van der Waals surface area (Å²) in [4.78, 5) is 11.6. The van der Waals surface area contributed by atoms with Crippen molar-refractivity contribution in [1.82, 2.24) is 10.9 Å². The van der Waals surface area contributed by atoms with Crippen LogP contribution in [0.4, 0.5) is 5.69 Å². The second-order valence-electron chi connectivity index (χ2n) is 8.81. The average Bonchev–Trinajstić information content (AvgIpc) is 2.80. The van der Waals surface area contributed by atoms with Crippen molar-refractivity contribution in [1.29, 1.82) is 0 Å². The van der Waals surface area contributed by atoms with Gasteiger partial charge in [0.15, 0.2) is 5.11 Å². The predicted octanol–water partition coefficient (Wildman–Crippen LogP) is 3.17. The number of carbonyl (C=O) groups is 1. The van der Waals surface area contributed by atoms with E-state index in [9.17, 15) is 17.8 Å². The van der Waals surface area contributed by atoms with Crippen molar-refractivity contribution >= 4 is 39.0 Å². The van der Waals surface area contributed by atoms with Crippen molar-refractivity contribution in [2.45, 2.75) is 115 Å². The molecule has 1 rings (SSSR count). The maximum absolute atomic E-state index is 11.9. The van der Waals surface area contributed by atoms with Crippen molar-refractivity contribution < 1.29 is 47.3 Å². The maximum atomic E-state index is 11.9. The number of anilines is 1. The first-order chi connectivity index (χ1) is 16.3. The van der Waals surface area contributed by atoms with E-state index in [1.165, 1.54) is 101 Å². The molecule has 7 nitrogen and oxygen atoms in total. The molecule has 194 valence electrons. The van der Waals surface area contributed by atoms with Gasteiger partial charge in [0.2, 0.25) is 5.91 Å². The molecule has 0 atom stereocenters. The number of rotatable bonds is 18. The van der Waals surface area contributed by atoms with Gasteiger partial charge in [-0.3, -0.25) is 15.6 Å². The Morgan fingerprint density at radius 3 is 1.63 bits per heavy atom. The Kier molecular flexibility index (Phi) is 20.9. The molecule has 1 aromatic rings. The van der Waals surface area contributed by atoms with Crippen molar-refractivity contribution in [3.63, 3.8) is 0 Å². The average molecular weight is 536 g/mol. The van der Waals surface area contributed by atoms with Crippen LogP contribution in [0.1, 0.15) is 110 Å². The minimum absolute atomic E-state index is 0. The van der Waals surface area contributed by atoms with Crippen LogP contribution in [-0.4, -0.2) is 24.0 Å². The van der Waals surface area contributed by atoms with Crippen molar-refractivity contribution in [2.75, 3.05) is 5.32 Å². The third-order valence-corrected chi connectivity index (χ3v) is 6.78. The van der Waals surface area contributed by atoms with Crippen LogP contribution in [0.25, 0.3) is 0 Å². The van der Waals surface area contributed by atoms with Gasteiger partial charge in [0, 0.05) is 12.1 Å². The molecule has 0 radical (unpaired) electrons. The summed E-state index contributed by atoms with van der Waals surface area (Å²) in [6.07, 6.45) is 19.7. The number of benzene rings is 1. The van der Waals surface area contributed by atoms with E-state index >= 15 is 0 Å². The molecule has 0 unspecified atom stereocenters. The predicted molar refractivity (Wildman–Crippen MR) is 141 cm³/mol. The Morgan fingerprint density at radius 2 is 1.20 bits per heavy atom. The summed E-state index contributed by atoms with van der Waals surface area (Å²) >= 11 is 5.09. The molecule has 0 aliphatic heterocycles. The molecule has 35 heavy (non-hydrogen) atoms. The van der Waals surface area contributed by atoms with Crippen molar-refractivity contribution in [3.05, 3.63) is 24.3 Å². The van der Waals surface area contributed by atoms with Crippen molar-refractivity contribution in [2.24, 2.45) is 0 Å². The zero-order valence-electron chi connectivity index (χ0n) is 21.6. The van der Waals surface area contributed by atoms with Gasteiger partial charge in [-0.05, 0) is 42.9 Å². The summed E-state index contributed by atoms with van der Waals surface area (Å²) in [6.45, 7) is 2.26. The van der Waals surface area contributed by atoms with Gasteiger partial charge in [-0.1, -0.05) is 96.8 Å². The number of unbranched alkanes of at least 4 members (excludes halogenated alkanes) is 14. The molecule has 0 bridgehead atoms. The Morgan fingerprint density at radius 1 is 0.771 bits per heavy atom. The van der Waals surface area contributed by atoms with Crippen LogP contribution in [0, 0.1) is 0 Å². The van der Waals surface area contributed by atoms with Gasteiger partial charge in [0.1, 0.15) is 10.1 Å². The molecule has 0 saturated heterocycles. The Labute approximate surface area is 240 Å². The third kappa shape index (κ3) is 19.1. The minimum Gasteiger partial charge on any atom is -0.744 e. The number of amides is 1. The first kappa shape index (κ1) is 34.3. The van der Waals surface area contributed by atoms with E-state index in [-0.39, 0.29) is 45.5 Å². The number of carbonyl (C=O) groups excluding carboxylic acids is 1. The molecule has 0 spiro atoms. The largest absolute Gasteiger partial charge is 1.00 e. The van der Waals surface area contributed by atoms with E-state index in [1.54, 1.807) is 0 Å². The Bertz CT molecular complexity index is 805. The topological polar surface area (TPSA) is 110 Å². The summed E-state index contributed by atoms with van der Waals surface area (Å²) < 4.78 is 32.8. The molecular weight excluding hydrogens is 493 g/mol. The second-order valence-corrected chi connectivity index (χ2v) is 10.6. The zero-order chi connectivity index (χ0) is 25.1. The number of nitrogens with one attached hydrogen (secondary N) is 3. The Hall–Kier alpha value is -0.710. The molecule has 3 N–H and O–H groups in total. The molecule has 0 aromatic heterocycles. The number of hydrogen-bond acceptors (Lipinski definition) is 5. The summed E-state index contributed by atoms with van der Waals surface area (Å²) in [5.41, 5.74) is 5.67. The van der Waals surface area contributed by atoms with E-state index < -0.39 is 10.1 Å². The van der Waals surface area contributed by atoms with Gasteiger partial charge in [0.05, 0.1) is 4.90 Å². The van der Waals surface area contributed by atoms with Gasteiger partial charge >= 0.3 is 29.6 Å². The van der Waals surface area contributed by atoms with Gasteiger partial charge < -0.3 is 9.87 Å². The number of hydrogen-bond donors (Lipinski definition) is 3. The molecule has 0 fully saturated rings. The van der Waals surface area contributed by atoms with Gasteiger partial charge in [-0.15, -0.1) is 0 Å². The molecule has 0 aliphatic rings. The SMILES string of the molecule is CCCCCCCCCCCCCCCCCC(=O)NNC(=S)Nc1ccc(S(=O)(=O)[O-])cc1.[Na+]. The molecule has 0 heterocycles. The standard InChI is InChI=1S/C25H43N3O4S2.Na/c1-2-3-4-5-6-7-8-9-10-11-12-13-14-15-16-17-24(29)27-28-25(33)26-22-18-20-23(21-19-22)34(30,31)32;/h18-21H,2-17H2,1H3,(H,27,29)(H2,26,28,33)(H,30,31,32);/q;+1/p-1. The van der Waals surface area contributed by atoms with Crippen LogP contribution in [0.3, 0.4) is 0 Å². The summed E-state index contributed by atoms with van der Waals surface area (Å²) in [5.74, 6) is -0.133. The smallest absolute Gasteiger partial charge is 0.744 e.